The number of H-pyrrole nitrogens is 1. The average molecular weight is 421 g/mol. The lowest BCUT2D eigenvalue weighted by molar-refractivity contribution is -0.122. The number of carbonyl (C=O) groups excluding carboxylic acids is 1. The van der Waals surface area contributed by atoms with E-state index in [0.717, 1.165) is 16.7 Å². The number of rotatable bonds is 5. The van der Waals surface area contributed by atoms with E-state index >= 15 is 0 Å². The number of hydrogen-bond acceptors (Lipinski definition) is 3. The van der Waals surface area contributed by atoms with E-state index in [2.05, 4.69) is 15.5 Å². The highest BCUT2D eigenvalue weighted by Gasteiger charge is 2.16. The molecule has 0 aliphatic carbocycles. The molecule has 1 amide bonds. The number of aromatic nitrogens is 3. The largest absolute Gasteiger partial charge is 0.348 e. The van der Waals surface area contributed by atoms with Crippen LogP contribution < -0.4 is 5.32 Å². The summed E-state index contributed by atoms with van der Waals surface area (Å²) in [6.07, 6.45) is 0. The fourth-order valence-electron chi connectivity index (χ4n) is 2.83. The lowest BCUT2D eigenvalue weighted by Gasteiger charge is -2.16. The van der Waals surface area contributed by atoms with Crippen molar-refractivity contribution in [3.63, 3.8) is 0 Å². The van der Waals surface area contributed by atoms with Crippen molar-refractivity contribution in [3.05, 3.63) is 68.4 Å². The minimum atomic E-state index is -0.272. The lowest BCUT2D eigenvalue weighted by atomic mass is 10.1. The summed E-state index contributed by atoms with van der Waals surface area (Å²) in [6, 6.07) is 12.8. The third kappa shape index (κ3) is 4.58. The van der Waals surface area contributed by atoms with E-state index in [4.69, 9.17) is 35.4 Å². The zero-order chi connectivity index (χ0) is 19.6. The molecule has 0 spiro atoms. The predicted molar refractivity (Wildman–Crippen MR) is 111 cm³/mol. The van der Waals surface area contributed by atoms with E-state index < -0.39 is 0 Å². The Hall–Kier alpha value is -2.15. The molecule has 0 saturated carbocycles. The first-order chi connectivity index (χ1) is 12.8. The van der Waals surface area contributed by atoms with Crippen LogP contribution in [0.1, 0.15) is 24.1 Å². The number of benzene rings is 2. The molecule has 0 fully saturated rings. The smallest absolute Gasteiger partial charge is 0.240 e. The zero-order valence-electron chi connectivity index (χ0n) is 14.8. The van der Waals surface area contributed by atoms with Crippen LogP contribution in [0.4, 0.5) is 0 Å². The molecule has 0 aliphatic rings. The summed E-state index contributed by atoms with van der Waals surface area (Å²) >= 11 is 17.4. The van der Waals surface area contributed by atoms with Gasteiger partial charge in [0, 0.05) is 15.6 Å². The van der Waals surface area contributed by atoms with Gasteiger partial charge in [0.2, 0.25) is 5.91 Å². The van der Waals surface area contributed by atoms with E-state index in [1.807, 2.05) is 38.1 Å². The van der Waals surface area contributed by atoms with Gasteiger partial charge in [-0.3, -0.25) is 14.5 Å². The maximum absolute atomic E-state index is 12.6. The molecule has 0 bridgehead atoms. The number of hydrogen-bond donors (Lipinski definition) is 2. The Morgan fingerprint density at radius 1 is 1.30 bits per heavy atom. The number of nitrogens with one attached hydrogen (secondary N) is 2. The maximum Gasteiger partial charge on any atom is 0.240 e. The van der Waals surface area contributed by atoms with Crippen LogP contribution in [0, 0.1) is 11.7 Å². The Morgan fingerprint density at radius 3 is 2.78 bits per heavy atom. The van der Waals surface area contributed by atoms with Gasteiger partial charge < -0.3 is 5.32 Å². The number of amides is 1. The van der Waals surface area contributed by atoms with Crippen molar-refractivity contribution in [2.75, 3.05) is 0 Å². The van der Waals surface area contributed by atoms with Gasteiger partial charge in [0.05, 0.1) is 6.04 Å². The molecule has 3 rings (SSSR count). The fourth-order valence-corrected chi connectivity index (χ4v) is 3.60. The Kier molecular flexibility index (Phi) is 5.99. The van der Waals surface area contributed by atoms with E-state index in [-0.39, 0.29) is 18.5 Å². The first kappa shape index (κ1) is 19.6. The second kappa shape index (κ2) is 8.25. The van der Waals surface area contributed by atoms with E-state index in [0.29, 0.717) is 20.6 Å². The van der Waals surface area contributed by atoms with Crippen molar-refractivity contribution in [3.8, 4) is 11.4 Å². The highest BCUT2D eigenvalue weighted by Crippen LogP contribution is 2.26. The fraction of sp³-hybridized carbons (Fsp3) is 0.211. The van der Waals surface area contributed by atoms with Gasteiger partial charge in [-0.25, -0.2) is 0 Å². The molecule has 1 aromatic heterocycles. The van der Waals surface area contributed by atoms with Crippen LogP contribution in [0.5, 0.6) is 0 Å². The third-order valence-electron chi connectivity index (χ3n) is 4.14. The van der Waals surface area contributed by atoms with Crippen molar-refractivity contribution in [1.82, 2.24) is 20.1 Å². The lowest BCUT2D eigenvalue weighted by Crippen LogP contribution is -2.30. The first-order valence-electron chi connectivity index (χ1n) is 8.31. The van der Waals surface area contributed by atoms with Crippen molar-refractivity contribution in [2.24, 2.45) is 0 Å². The Bertz CT molecular complexity index is 1040. The van der Waals surface area contributed by atoms with Crippen molar-refractivity contribution in [2.45, 2.75) is 26.4 Å². The molecule has 1 heterocycles. The van der Waals surface area contributed by atoms with E-state index in [1.54, 1.807) is 22.8 Å². The molecule has 2 aromatic carbocycles. The summed E-state index contributed by atoms with van der Waals surface area (Å²) in [5.41, 5.74) is 2.79. The SMILES string of the molecule is Cc1cccc(-c2n[nH]c(=S)n2CC(=O)N[C@@H](C)c2ccc(Cl)cc2Cl)c1. The summed E-state index contributed by atoms with van der Waals surface area (Å²) in [5.74, 6) is 0.427. The second-order valence-electron chi connectivity index (χ2n) is 6.26. The number of nitrogens with zero attached hydrogens (tertiary/aromatic N) is 2. The minimum Gasteiger partial charge on any atom is -0.348 e. The predicted octanol–water partition coefficient (Wildman–Crippen LogP) is 5.10. The van der Waals surface area contributed by atoms with Crippen LogP contribution in [0.2, 0.25) is 10.0 Å². The second-order valence-corrected chi connectivity index (χ2v) is 7.49. The summed E-state index contributed by atoms with van der Waals surface area (Å²) in [4.78, 5) is 12.6. The monoisotopic (exact) mass is 420 g/mol. The number of carbonyl (C=O) groups is 1. The van der Waals surface area contributed by atoms with Crippen molar-refractivity contribution < 1.29 is 4.79 Å². The molecule has 2 N–H and O–H groups in total. The molecular weight excluding hydrogens is 403 g/mol. The van der Waals surface area contributed by atoms with Crippen LogP contribution in [-0.4, -0.2) is 20.7 Å². The number of halogens is 2. The van der Waals surface area contributed by atoms with E-state index in [9.17, 15) is 4.79 Å². The van der Waals surface area contributed by atoms with Crippen LogP contribution in [0.25, 0.3) is 11.4 Å². The van der Waals surface area contributed by atoms with Crippen molar-refractivity contribution >= 4 is 41.3 Å². The molecule has 1 atom stereocenters. The molecule has 5 nitrogen and oxygen atoms in total. The van der Waals surface area contributed by atoms with Crippen LogP contribution >= 0.6 is 35.4 Å². The molecule has 27 heavy (non-hydrogen) atoms. The Labute approximate surface area is 172 Å². The number of aromatic amines is 1. The standard InChI is InChI=1S/C19H18Cl2N4OS/c1-11-4-3-5-13(8-11)18-23-24-19(27)25(18)10-17(26)22-12(2)15-7-6-14(20)9-16(15)21/h3-9,12H,10H2,1-2H3,(H,22,26)(H,24,27)/t12-/m0/s1. The van der Waals surface area contributed by atoms with Gasteiger partial charge in [0.15, 0.2) is 10.6 Å². The van der Waals surface area contributed by atoms with E-state index in [1.165, 1.54) is 0 Å². The van der Waals surface area contributed by atoms with Crippen LogP contribution in [0.3, 0.4) is 0 Å². The first-order valence-corrected chi connectivity index (χ1v) is 9.48. The normalized spacial score (nSPS) is 12.0. The van der Waals surface area contributed by atoms with Gasteiger partial charge in [-0.15, -0.1) is 0 Å². The topological polar surface area (TPSA) is 62.7 Å². The maximum atomic E-state index is 12.6. The minimum absolute atomic E-state index is 0.0498. The quantitative estimate of drug-likeness (QED) is 0.564. The Balaban J connectivity index is 1.79. The van der Waals surface area contributed by atoms with Gasteiger partial charge in [-0.2, -0.15) is 5.10 Å². The molecule has 8 heteroatoms. The molecule has 0 aliphatic heterocycles. The molecular formula is C19H18Cl2N4OS. The summed E-state index contributed by atoms with van der Waals surface area (Å²) < 4.78 is 2.06. The summed E-state index contributed by atoms with van der Waals surface area (Å²) in [6.45, 7) is 3.91. The van der Waals surface area contributed by atoms with Gasteiger partial charge in [-0.1, -0.05) is 53.0 Å². The summed E-state index contributed by atoms with van der Waals surface area (Å²) in [5, 5.41) is 11.0. The molecule has 3 aromatic rings. The molecule has 0 saturated heterocycles. The summed E-state index contributed by atoms with van der Waals surface area (Å²) in [7, 11) is 0. The van der Waals surface area contributed by atoms with Gasteiger partial charge >= 0.3 is 0 Å². The molecule has 140 valence electrons. The van der Waals surface area contributed by atoms with Gasteiger partial charge in [0.1, 0.15) is 6.54 Å². The molecule has 0 radical (unpaired) electrons. The molecule has 0 unspecified atom stereocenters. The van der Waals surface area contributed by atoms with Crippen molar-refractivity contribution in [1.29, 1.82) is 0 Å². The highest BCUT2D eigenvalue weighted by atomic mass is 35.5. The zero-order valence-corrected chi connectivity index (χ0v) is 17.1. The number of aryl methyl sites for hydroxylation is 1. The van der Waals surface area contributed by atoms with Crippen LogP contribution in [-0.2, 0) is 11.3 Å². The third-order valence-corrected chi connectivity index (χ3v) is 5.02. The van der Waals surface area contributed by atoms with Gasteiger partial charge in [-0.05, 0) is 49.8 Å². The van der Waals surface area contributed by atoms with Gasteiger partial charge in [0.25, 0.3) is 0 Å². The van der Waals surface area contributed by atoms with Crippen LogP contribution in [0.15, 0.2) is 42.5 Å². The highest BCUT2D eigenvalue weighted by molar-refractivity contribution is 7.71. The average Bonchev–Trinajstić information content (AvgIpc) is 2.95. The Morgan fingerprint density at radius 2 is 2.07 bits per heavy atom.